The van der Waals surface area contributed by atoms with Crippen molar-refractivity contribution >= 4 is 23.0 Å². The monoisotopic (exact) mass is 199 g/mol. The average Bonchev–Trinajstić information content (AvgIpc) is 2.12. The van der Waals surface area contributed by atoms with Gasteiger partial charge in [0.05, 0.1) is 11.4 Å². The minimum atomic E-state index is 0.324. The molecular formula is C9H14ClN3. The fourth-order valence-electron chi connectivity index (χ4n) is 0.746. The summed E-state index contributed by atoms with van der Waals surface area (Å²) in [4.78, 5) is 3.89. The molecule has 0 saturated heterocycles. The van der Waals surface area contributed by atoms with E-state index in [1.54, 1.807) is 19.1 Å². The van der Waals surface area contributed by atoms with Crippen LogP contribution in [0.3, 0.4) is 0 Å². The minimum absolute atomic E-state index is 0.324. The molecular weight excluding hydrogens is 186 g/mol. The lowest BCUT2D eigenvalue weighted by molar-refractivity contribution is 1.27. The van der Waals surface area contributed by atoms with Crippen LogP contribution in [0.2, 0.25) is 5.15 Å². The summed E-state index contributed by atoms with van der Waals surface area (Å²) >= 11 is 5.60. The van der Waals surface area contributed by atoms with Crippen LogP contribution in [0.5, 0.6) is 0 Å². The van der Waals surface area contributed by atoms with Gasteiger partial charge in [-0.2, -0.15) is 0 Å². The van der Waals surface area contributed by atoms with Crippen LogP contribution in [-0.4, -0.2) is 10.7 Å². The normalized spacial score (nSPS) is 8.62. The van der Waals surface area contributed by atoms with E-state index in [4.69, 9.17) is 22.7 Å². The van der Waals surface area contributed by atoms with Gasteiger partial charge in [-0.3, -0.25) is 0 Å². The number of halogens is 1. The van der Waals surface area contributed by atoms with Gasteiger partial charge in [0.15, 0.2) is 0 Å². The summed E-state index contributed by atoms with van der Waals surface area (Å²) in [5.41, 5.74) is 6.80. The third kappa shape index (κ3) is 3.42. The number of anilines is 1. The molecule has 0 amide bonds. The average molecular weight is 200 g/mol. The summed E-state index contributed by atoms with van der Waals surface area (Å²) in [5, 5.41) is 7.63. The molecule has 1 aromatic rings. The Labute approximate surface area is 83.4 Å². The lowest BCUT2D eigenvalue weighted by Gasteiger charge is -2.01. The van der Waals surface area contributed by atoms with Crippen molar-refractivity contribution in [1.29, 1.82) is 5.41 Å². The number of nitrogens with one attached hydrogen (secondary N) is 1. The van der Waals surface area contributed by atoms with E-state index in [9.17, 15) is 0 Å². The summed E-state index contributed by atoms with van der Waals surface area (Å²) in [7, 11) is 0. The van der Waals surface area contributed by atoms with E-state index >= 15 is 0 Å². The van der Waals surface area contributed by atoms with Crippen molar-refractivity contribution in [2.24, 2.45) is 0 Å². The minimum Gasteiger partial charge on any atom is -0.397 e. The van der Waals surface area contributed by atoms with Crippen LogP contribution in [0, 0.1) is 5.41 Å². The molecule has 1 heterocycles. The van der Waals surface area contributed by atoms with E-state index < -0.39 is 0 Å². The van der Waals surface area contributed by atoms with Crippen LogP contribution in [0.15, 0.2) is 12.1 Å². The van der Waals surface area contributed by atoms with Crippen LogP contribution < -0.4 is 5.73 Å². The van der Waals surface area contributed by atoms with Crippen LogP contribution in [0.4, 0.5) is 5.69 Å². The van der Waals surface area contributed by atoms with Crippen molar-refractivity contribution in [2.45, 2.75) is 20.8 Å². The summed E-state index contributed by atoms with van der Waals surface area (Å²) in [6.45, 7) is 5.62. The zero-order valence-electron chi connectivity index (χ0n) is 8.06. The van der Waals surface area contributed by atoms with Crippen molar-refractivity contribution in [3.63, 3.8) is 0 Å². The highest BCUT2D eigenvalue weighted by Gasteiger charge is 2.02. The van der Waals surface area contributed by atoms with Gasteiger partial charge in [-0.1, -0.05) is 25.4 Å². The Morgan fingerprint density at radius 3 is 2.38 bits per heavy atom. The molecule has 0 aliphatic carbocycles. The van der Waals surface area contributed by atoms with Crippen molar-refractivity contribution in [3.05, 3.63) is 23.0 Å². The Hall–Kier alpha value is -1.09. The zero-order valence-corrected chi connectivity index (χ0v) is 8.81. The number of nitrogens with two attached hydrogens (primary N) is 1. The molecule has 0 atom stereocenters. The first kappa shape index (κ1) is 11.9. The van der Waals surface area contributed by atoms with Crippen LogP contribution in [0.1, 0.15) is 26.5 Å². The first-order chi connectivity index (χ1) is 6.11. The van der Waals surface area contributed by atoms with E-state index in [1.165, 1.54) is 0 Å². The number of hydrogen-bond acceptors (Lipinski definition) is 3. The number of aromatic nitrogens is 1. The predicted octanol–water partition coefficient (Wildman–Crippen LogP) is 2.73. The van der Waals surface area contributed by atoms with Crippen molar-refractivity contribution < 1.29 is 0 Å². The van der Waals surface area contributed by atoms with Gasteiger partial charge < -0.3 is 11.1 Å². The third-order valence-electron chi connectivity index (χ3n) is 1.25. The first-order valence-electron chi connectivity index (χ1n) is 4.09. The lowest BCUT2D eigenvalue weighted by Crippen LogP contribution is -2.02. The summed E-state index contributed by atoms with van der Waals surface area (Å²) in [6.07, 6.45) is 0. The zero-order chi connectivity index (χ0) is 10.4. The second-order valence-corrected chi connectivity index (χ2v) is 2.58. The fourth-order valence-corrected chi connectivity index (χ4v) is 0.894. The maximum atomic E-state index is 7.27. The van der Waals surface area contributed by atoms with Crippen LogP contribution in [-0.2, 0) is 0 Å². The van der Waals surface area contributed by atoms with Crippen molar-refractivity contribution in [3.8, 4) is 0 Å². The van der Waals surface area contributed by atoms with E-state index in [-0.39, 0.29) is 0 Å². The molecule has 1 aromatic heterocycles. The molecule has 1 rings (SSSR count). The topological polar surface area (TPSA) is 62.8 Å². The van der Waals surface area contributed by atoms with Crippen molar-refractivity contribution in [1.82, 2.24) is 4.98 Å². The fraction of sp³-hybridized carbons (Fsp3) is 0.333. The quantitative estimate of drug-likeness (QED) is 0.540. The van der Waals surface area contributed by atoms with Crippen molar-refractivity contribution in [2.75, 3.05) is 5.73 Å². The molecule has 0 aromatic carbocycles. The van der Waals surface area contributed by atoms with Gasteiger partial charge in [0.25, 0.3) is 0 Å². The highest BCUT2D eigenvalue weighted by Crippen LogP contribution is 2.13. The molecule has 72 valence electrons. The number of nitrogens with zero attached hydrogens (tertiary/aromatic N) is 1. The molecule has 0 aliphatic rings. The number of nitrogen functional groups attached to an aromatic ring is 1. The highest BCUT2D eigenvalue weighted by atomic mass is 35.5. The molecule has 0 saturated carbocycles. The highest BCUT2D eigenvalue weighted by molar-refractivity contribution is 6.29. The Bertz CT molecular complexity index is 297. The molecule has 4 heteroatoms. The molecule has 0 fully saturated rings. The Balaban J connectivity index is 0.000000671. The molecule has 13 heavy (non-hydrogen) atoms. The lowest BCUT2D eigenvalue weighted by atomic mass is 10.2. The maximum Gasteiger partial charge on any atom is 0.129 e. The van der Waals surface area contributed by atoms with E-state index in [0.717, 1.165) is 0 Å². The molecule has 0 bridgehead atoms. The van der Waals surface area contributed by atoms with Crippen LogP contribution >= 0.6 is 11.6 Å². The largest absolute Gasteiger partial charge is 0.397 e. The standard InChI is InChI=1S/C7H8ClN3.C2H6/c1-4(9)7-5(10)2-3-6(8)11-7;1-2/h2-3,9H,10H2,1H3;1-2H3. The Morgan fingerprint density at radius 1 is 1.46 bits per heavy atom. The molecule has 0 aliphatic heterocycles. The summed E-state index contributed by atoms with van der Waals surface area (Å²) in [5.74, 6) is 0. The van der Waals surface area contributed by atoms with Gasteiger partial charge in [0, 0.05) is 0 Å². The second-order valence-electron chi connectivity index (χ2n) is 2.20. The number of rotatable bonds is 1. The smallest absolute Gasteiger partial charge is 0.129 e. The number of hydrogen-bond donors (Lipinski definition) is 2. The summed E-state index contributed by atoms with van der Waals surface area (Å²) in [6, 6.07) is 3.24. The molecule has 0 spiro atoms. The van der Waals surface area contributed by atoms with Gasteiger partial charge in [-0.25, -0.2) is 4.98 Å². The summed E-state index contributed by atoms with van der Waals surface area (Å²) < 4.78 is 0. The van der Waals surface area contributed by atoms with Gasteiger partial charge in [-0.05, 0) is 19.1 Å². The predicted molar refractivity (Wildman–Crippen MR) is 57.5 cm³/mol. The first-order valence-corrected chi connectivity index (χ1v) is 4.46. The van der Waals surface area contributed by atoms with Gasteiger partial charge in [0.2, 0.25) is 0 Å². The van der Waals surface area contributed by atoms with Gasteiger partial charge in [-0.15, -0.1) is 0 Å². The maximum absolute atomic E-state index is 7.27. The SMILES string of the molecule is CC.CC(=N)c1nc(Cl)ccc1N. The molecule has 3 nitrogen and oxygen atoms in total. The van der Waals surface area contributed by atoms with E-state index in [2.05, 4.69) is 4.98 Å². The molecule has 0 unspecified atom stereocenters. The van der Waals surface area contributed by atoms with Gasteiger partial charge >= 0.3 is 0 Å². The van der Waals surface area contributed by atoms with Crippen LogP contribution in [0.25, 0.3) is 0 Å². The molecule has 3 N–H and O–H groups in total. The van der Waals surface area contributed by atoms with E-state index in [0.29, 0.717) is 22.2 Å². The van der Waals surface area contributed by atoms with E-state index in [1.807, 2.05) is 13.8 Å². The Kier molecular flexibility index (Phi) is 5.07. The second kappa shape index (κ2) is 5.54. The third-order valence-corrected chi connectivity index (χ3v) is 1.46. The Morgan fingerprint density at radius 2 is 2.00 bits per heavy atom. The van der Waals surface area contributed by atoms with Gasteiger partial charge in [0.1, 0.15) is 10.8 Å². The molecule has 0 radical (unpaired) electrons. The number of pyridine rings is 1.